The molecule has 0 atom stereocenters. The van der Waals surface area contributed by atoms with Crippen molar-refractivity contribution in [3.8, 4) is 0 Å². The van der Waals surface area contributed by atoms with E-state index in [0.29, 0.717) is 16.8 Å². The van der Waals surface area contributed by atoms with Crippen LogP contribution in [0.3, 0.4) is 0 Å². The fourth-order valence-corrected chi connectivity index (χ4v) is 1.76. The van der Waals surface area contributed by atoms with Gasteiger partial charge in [0.05, 0.1) is 17.6 Å². The van der Waals surface area contributed by atoms with Gasteiger partial charge in [-0.05, 0) is 13.3 Å². The van der Waals surface area contributed by atoms with E-state index < -0.39 is 0 Å². The van der Waals surface area contributed by atoms with Gasteiger partial charge >= 0.3 is 0 Å². The van der Waals surface area contributed by atoms with Crippen LogP contribution >= 0.6 is 11.6 Å². The molecule has 0 spiro atoms. The van der Waals surface area contributed by atoms with Gasteiger partial charge in [-0.1, -0.05) is 18.5 Å². The summed E-state index contributed by atoms with van der Waals surface area (Å²) in [6.07, 6.45) is 4.48. The third-order valence-electron chi connectivity index (χ3n) is 2.54. The third kappa shape index (κ3) is 3.35. The highest BCUT2D eigenvalue weighted by molar-refractivity contribution is 6.32. The zero-order valence-electron chi connectivity index (χ0n) is 11.2. The molecule has 0 radical (unpaired) electrons. The molecule has 0 bridgehead atoms. The molecule has 0 saturated carbocycles. The largest absolute Gasteiger partial charge is 0.354 e. The van der Waals surface area contributed by atoms with Crippen LogP contribution in [0.1, 0.15) is 19.0 Å². The quantitative estimate of drug-likeness (QED) is 0.881. The summed E-state index contributed by atoms with van der Waals surface area (Å²) < 4.78 is 1.74. The average Bonchev–Trinajstić information content (AvgIpc) is 2.69. The van der Waals surface area contributed by atoms with E-state index in [1.54, 1.807) is 10.9 Å². The van der Waals surface area contributed by atoms with E-state index in [1.165, 1.54) is 0 Å². The fourth-order valence-electron chi connectivity index (χ4n) is 1.63. The molecule has 2 aromatic heterocycles. The maximum atomic E-state index is 6.10. The lowest BCUT2D eigenvalue weighted by molar-refractivity contribution is 0.756. The molecule has 0 aliphatic carbocycles. The lowest BCUT2D eigenvalue weighted by atomic mass is 10.4. The summed E-state index contributed by atoms with van der Waals surface area (Å²) >= 11 is 6.10. The molecule has 2 rings (SSSR count). The molecular weight excluding hydrogens is 264 g/mol. The summed E-state index contributed by atoms with van der Waals surface area (Å²) in [7, 11) is 1.87. The first-order valence-corrected chi connectivity index (χ1v) is 6.51. The molecule has 2 aromatic rings. The van der Waals surface area contributed by atoms with E-state index in [-0.39, 0.29) is 0 Å². The van der Waals surface area contributed by atoms with Gasteiger partial charge in [-0.3, -0.25) is 4.68 Å². The highest BCUT2D eigenvalue weighted by Crippen LogP contribution is 2.24. The number of rotatable bonds is 5. The van der Waals surface area contributed by atoms with Crippen LogP contribution in [-0.4, -0.2) is 26.3 Å². The Labute approximate surface area is 117 Å². The molecule has 0 amide bonds. The van der Waals surface area contributed by atoms with Gasteiger partial charge in [0.2, 0.25) is 5.95 Å². The minimum Gasteiger partial charge on any atom is -0.354 e. The maximum absolute atomic E-state index is 6.10. The molecule has 0 unspecified atom stereocenters. The van der Waals surface area contributed by atoms with Gasteiger partial charge in [0.1, 0.15) is 5.02 Å². The van der Waals surface area contributed by atoms with Gasteiger partial charge in [-0.15, -0.1) is 0 Å². The van der Waals surface area contributed by atoms with Crippen molar-refractivity contribution in [2.75, 3.05) is 17.2 Å². The normalized spacial score (nSPS) is 10.5. The fraction of sp³-hybridized carbons (Fsp3) is 0.417. The Morgan fingerprint density at radius 1 is 1.42 bits per heavy atom. The topological polar surface area (TPSA) is 67.7 Å². The minimum atomic E-state index is 0.477. The van der Waals surface area contributed by atoms with E-state index >= 15 is 0 Å². The van der Waals surface area contributed by atoms with Crippen LogP contribution in [0.5, 0.6) is 0 Å². The molecule has 0 aromatic carbocycles. The number of hydrogen-bond donors (Lipinski definition) is 2. The summed E-state index contributed by atoms with van der Waals surface area (Å²) in [5, 5.41) is 11.0. The van der Waals surface area contributed by atoms with E-state index in [4.69, 9.17) is 11.6 Å². The molecule has 102 valence electrons. The van der Waals surface area contributed by atoms with Crippen molar-refractivity contribution in [2.45, 2.75) is 20.3 Å². The van der Waals surface area contributed by atoms with E-state index in [1.807, 2.05) is 20.2 Å². The number of aromatic nitrogens is 4. The van der Waals surface area contributed by atoms with E-state index in [0.717, 1.165) is 24.3 Å². The first-order chi connectivity index (χ1) is 9.10. The molecule has 6 nitrogen and oxygen atoms in total. The molecule has 0 aliphatic rings. The predicted molar refractivity (Wildman–Crippen MR) is 77.1 cm³/mol. The van der Waals surface area contributed by atoms with Crippen LogP contribution in [0.15, 0.2) is 12.4 Å². The molecule has 2 N–H and O–H groups in total. The number of nitrogens with zero attached hydrogens (tertiary/aromatic N) is 4. The number of halogens is 1. The van der Waals surface area contributed by atoms with Crippen LogP contribution in [0, 0.1) is 6.92 Å². The van der Waals surface area contributed by atoms with Gasteiger partial charge in [-0.2, -0.15) is 10.1 Å². The molecular formula is C12H17ClN6. The monoisotopic (exact) mass is 280 g/mol. The smallest absolute Gasteiger partial charge is 0.224 e. The van der Waals surface area contributed by atoms with Crippen molar-refractivity contribution in [3.05, 3.63) is 23.1 Å². The van der Waals surface area contributed by atoms with Crippen molar-refractivity contribution in [2.24, 2.45) is 7.05 Å². The second kappa shape index (κ2) is 5.88. The second-order valence-corrected chi connectivity index (χ2v) is 4.65. The number of hydrogen-bond acceptors (Lipinski definition) is 5. The Hall–Kier alpha value is -1.82. The highest BCUT2D eigenvalue weighted by atomic mass is 35.5. The minimum absolute atomic E-state index is 0.477. The molecule has 0 saturated heterocycles. The lowest BCUT2D eigenvalue weighted by Crippen LogP contribution is -2.06. The summed E-state index contributed by atoms with van der Waals surface area (Å²) in [5.41, 5.74) is 1.77. The molecule has 2 heterocycles. The van der Waals surface area contributed by atoms with Gasteiger partial charge < -0.3 is 10.6 Å². The maximum Gasteiger partial charge on any atom is 0.224 e. The van der Waals surface area contributed by atoms with Crippen molar-refractivity contribution < 1.29 is 0 Å². The standard InChI is InChI=1S/C12H17ClN6/c1-4-5-14-12-15-6-9(13)11(17-12)16-10-7-19(3)18-8(10)2/h6-7H,4-5H2,1-3H3,(H2,14,15,16,17). The number of aryl methyl sites for hydroxylation is 2. The van der Waals surface area contributed by atoms with Crippen molar-refractivity contribution in [1.29, 1.82) is 0 Å². The Balaban J connectivity index is 2.21. The zero-order chi connectivity index (χ0) is 13.8. The Morgan fingerprint density at radius 3 is 2.84 bits per heavy atom. The first-order valence-electron chi connectivity index (χ1n) is 6.14. The average molecular weight is 281 g/mol. The second-order valence-electron chi connectivity index (χ2n) is 4.24. The first kappa shape index (κ1) is 13.6. The van der Waals surface area contributed by atoms with Gasteiger partial charge in [0.25, 0.3) is 0 Å². The number of anilines is 3. The SMILES string of the molecule is CCCNc1ncc(Cl)c(Nc2cn(C)nc2C)n1. The van der Waals surface area contributed by atoms with E-state index in [9.17, 15) is 0 Å². The number of nitrogens with one attached hydrogen (secondary N) is 2. The van der Waals surface area contributed by atoms with Crippen LogP contribution < -0.4 is 10.6 Å². The summed E-state index contributed by atoms with van der Waals surface area (Å²) in [4.78, 5) is 8.48. The van der Waals surface area contributed by atoms with Gasteiger partial charge in [0, 0.05) is 19.8 Å². The van der Waals surface area contributed by atoms with Crippen LogP contribution in [0.4, 0.5) is 17.5 Å². The van der Waals surface area contributed by atoms with E-state index in [2.05, 4.69) is 32.6 Å². The third-order valence-corrected chi connectivity index (χ3v) is 2.82. The molecule has 0 fully saturated rings. The Bertz CT molecular complexity index is 565. The van der Waals surface area contributed by atoms with Crippen molar-refractivity contribution >= 4 is 29.1 Å². The van der Waals surface area contributed by atoms with Gasteiger partial charge in [0.15, 0.2) is 5.82 Å². The van der Waals surface area contributed by atoms with Crippen molar-refractivity contribution in [1.82, 2.24) is 19.7 Å². The Kier molecular flexibility index (Phi) is 4.21. The highest BCUT2D eigenvalue weighted by Gasteiger charge is 2.09. The van der Waals surface area contributed by atoms with Gasteiger partial charge in [-0.25, -0.2) is 4.98 Å². The van der Waals surface area contributed by atoms with Crippen LogP contribution in [0.2, 0.25) is 5.02 Å². The summed E-state index contributed by atoms with van der Waals surface area (Å²) in [6, 6.07) is 0. The molecule has 7 heteroatoms. The molecule has 19 heavy (non-hydrogen) atoms. The summed E-state index contributed by atoms with van der Waals surface area (Å²) in [5.74, 6) is 1.14. The predicted octanol–water partition coefficient (Wildman–Crippen LogP) is 2.74. The zero-order valence-corrected chi connectivity index (χ0v) is 12.0. The Morgan fingerprint density at radius 2 is 2.21 bits per heavy atom. The molecule has 0 aliphatic heterocycles. The van der Waals surface area contributed by atoms with Crippen molar-refractivity contribution in [3.63, 3.8) is 0 Å². The van der Waals surface area contributed by atoms with Crippen LogP contribution in [0.25, 0.3) is 0 Å². The van der Waals surface area contributed by atoms with Crippen LogP contribution in [-0.2, 0) is 7.05 Å². The lowest BCUT2D eigenvalue weighted by Gasteiger charge is -2.08. The summed E-state index contributed by atoms with van der Waals surface area (Å²) in [6.45, 7) is 4.84.